The molecule has 586 valence electrons. The number of phosphoric ester groups is 2. The Hall–Kier alpha value is -2.98. The molecule has 0 bridgehead atoms. The van der Waals surface area contributed by atoms with Crippen molar-refractivity contribution in [2.24, 2.45) is 0 Å². The lowest BCUT2D eigenvalue weighted by Crippen LogP contribution is -2.30. The molecule has 0 aromatic heterocycles. The van der Waals surface area contributed by atoms with E-state index in [0.29, 0.717) is 25.7 Å². The fourth-order valence-corrected chi connectivity index (χ4v) is 13.0. The van der Waals surface area contributed by atoms with Crippen molar-refractivity contribution in [3.63, 3.8) is 0 Å². The third-order valence-corrected chi connectivity index (χ3v) is 19.6. The Morgan fingerprint density at radius 2 is 0.460 bits per heavy atom. The van der Waals surface area contributed by atoms with Crippen LogP contribution in [0.15, 0.2) is 48.6 Å². The molecule has 19 heteroatoms. The molecule has 0 aromatic rings. The van der Waals surface area contributed by atoms with Gasteiger partial charge in [-0.1, -0.05) is 282 Å². The van der Waals surface area contributed by atoms with Crippen molar-refractivity contribution < 1.29 is 80.2 Å². The second-order valence-corrected chi connectivity index (χ2v) is 30.6. The summed E-state index contributed by atoms with van der Waals surface area (Å²) >= 11 is 0. The van der Waals surface area contributed by atoms with E-state index < -0.39 is 97.5 Å². The molecular formula is C81H150O17P2. The van der Waals surface area contributed by atoms with Gasteiger partial charge in [0.1, 0.15) is 19.3 Å². The Labute approximate surface area is 610 Å². The number of aliphatic hydroxyl groups excluding tert-OH is 1. The molecule has 0 aliphatic heterocycles. The predicted molar refractivity (Wildman–Crippen MR) is 409 cm³/mol. The highest BCUT2D eigenvalue weighted by atomic mass is 31.2. The summed E-state index contributed by atoms with van der Waals surface area (Å²) in [4.78, 5) is 73.0. The third-order valence-electron chi connectivity index (χ3n) is 17.7. The van der Waals surface area contributed by atoms with Crippen molar-refractivity contribution in [1.82, 2.24) is 0 Å². The molecule has 3 N–H and O–H groups in total. The van der Waals surface area contributed by atoms with Crippen LogP contribution in [0, 0.1) is 0 Å². The lowest BCUT2D eigenvalue weighted by molar-refractivity contribution is -0.161. The molecule has 0 amide bonds. The molecular weight excluding hydrogens is 1310 g/mol. The first-order chi connectivity index (χ1) is 48.7. The van der Waals surface area contributed by atoms with E-state index in [1.54, 1.807) is 0 Å². The first-order valence-electron chi connectivity index (χ1n) is 40.9. The molecule has 0 spiro atoms. The van der Waals surface area contributed by atoms with Crippen LogP contribution >= 0.6 is 15.6 Å². The number of unbranched alkanes of at least 4 members (excludes halogenated alkanes) is 44. The zero-order chi connectivity index (χ0) is 73.2. The smallest absolute Gasteiger partial charge is 0.462 e. The minimum absolute atomic E-state index is 0.0936. The average molecular weight is 1460 g/mol. The van der Waals surface area contributed by atoms with Crippen LogP contribution < -0.4 is 0 Å². The molecule has 0 fully saturated rings. The third kappa shape index (κ3) is 73.3. The molecule has 17 nitrogen and oxygen atoms in total. The van der Waals surface area contributed by atoms with Crippen LogP contribution in [0.2, 0.25) is 0 Å². The number of ether oxygens (including phenoxy) is 4. The van der Waals surface area contributed by atoms with Gasteiger partial charge in [-0.2, -0.15) is 0 Å². The Kier molecular flexibility index (Phi) is 72.1. The van der Waals surface area contributed by atoms with Crippen LogP contribution in [-0.2, 0) is 65.4 Å². The number of esters is 4. The van der Waals surface area contributed by atoms with Gasteiger partial charge in [-0.15, -0.1) is 0 Å². The van der Waals surface area contributed by atoms with Gasteiger partial charge in [0.05, 0.1) is 26.4 Å². The second-order valence-electron chi connectivity index (χ2n) is 27.7. The summed E-state index contributed by atoms with van der Waals surface area (Å²) in [5.41, 5.74) is 0. The van der Waals surface area contributed by atoms with Gasteiger partial charge in [0.15, 0.2) is 12.2 Å². The molecule has 0 aliphatic rings. The predicted octanol–water partition coefficient (Wildman–Crippen LogP) is 23.7. The number of hydrogen-bond acceptors (Lipinski definition) is 15. The van der Waals surface area contributed by atoms with E-state index in [2.05, 4.69) is 76.3 Å². The Balaban J connectivity index is 5.33. The van der Waals surface area contributed by atoms with Crippen molar-refractivity contribution in [2.45, 2.75) is 406 Å². The SMILES string of the molecule is CCCCCC/C=C\CCCCCCCCCC(=O)OC[C@H](COP(=O)(O)OC[C@H](O)COP(=O)(O)OC[C@@H](COC(=O)CCCCCCC/C=C\CCCCCCCC)OC(=O)CCCCCCCCC/C=C\CCCCCC)OC(=O)CCCCCCCCC/C=C\CCCCCC. The molecule has 0 heterocycles. The van der Waals surface area contributed by atoms with Crippen LogP contribution in [0.5, 0.6) is 0 Å². The van der Waals surface area contributed by atoms with Gasteiger partial charge in [0.25, 0.3) is 0 Å². The first kappa shape index (κ1) is 97.0. The highest BCUT2D eigenvalue weighted by Gasteiger charge is 2.30. The lowest BCUT2D eigenvalue weighted by Gasteiger charge is -2.21. The monoisotopic (exact) mass is 1460 g/mol. The highest BCUT2D eigenvalue weighted by molar-refractivity contribution is 7.47. The van der Waals surface area contributed by atoms with Crippen molar-refractivity contribution in [2.75, 3.05) is 39.6 Å². The molecule has 0 rings (SSSR count). The number of carbonyl (C=O) groups excluding carboxylic acids is 4. The minimum atomic E-state index is -4.97. The van der Waals surface area contributed by atoms with Gasteiger partial charge in [0.2, 0.25) is 0 Å². The highest BCUT2D eigenvalue weighted by Crippen LogP contribution is 2.45. The Morgan fingerprint density at radius 3 is 0.700 bits per heavy atom. The van der Waals surface area contributed by atoms with Gasteiger partial charge in [-0.3, -0.25) is 37.3 Å². The summed E-state index contributed by atoms with van der Waals surface area (Å²) in [5, 5.41) is 10.6. The van der Waals surface area contributed by atoms with Crippen LogP contribution in [0.25, 0.3) is 0 Å². The number of carbonyl (C=O) groups is 4. The van der Waals surface area contributed by atoms with Crippen LogP contribution in [0.1, 0.15) is 387 Å². The largest absolute Gasteiger partial charge is 0.472 e. The number of allylic oxidation sites excluding steroid dienone is 8. The standard InChI is InChI=1S/C81H150O17P2/c1-5-9-13-17-21-25-29-33-37-41-45-49-53-57-61-65-78(83)91-71-76(97-80(85)67-63-59-55-51-47-43-39-35-31-27-23-19-15-11-7-3)73-95-99(87,88)93-69-75(82)70-94-100(89,90)96-74-77(98-81(86)68-64-60-56-52-48-44-40-36-32-28-24-20-16-12-8-4)72-92-79(84)66-62-58-54-50-46-42-38-34-30-26-22-18-14-10-6-2/h25,27-29,31-32,34,38,75-77,82H,5-24,26,30,33,35-37,39-74H2,1-4H3,(H,87,88)(H,89,90)/b29-25-,31-27-,32-28-,38-34-/t75-,76+,77+/m0/s1. The molecule has 0 aromatic carbocycles. The molecule has 0 radical (unpaired) electrons. The zero-order valence-corrected chi connectivity index (χ0v) is 65.9. The summed E-state index contributed by atoms with van der Waals surface area (Å²) in [6, 6.07) is 0. The average Bonchev–Trinajstić information content (AvgIpc) is 1.01. The quantitative estimate of drug-likeness (QED) is 0.0169. The van der Waals surface area contributed by atoms with Crippen LogP contribution in [0.4, 0.5) is 0 Å². The first-order valence-corrected chi connectivity index (χ1v) is 43.9. The van der Waals surface area contributed by atoms with Crippen molar-refractivity contribution in [3.05, 3.63) is 48.6 Å². The molecule has 100 heavy (non-hydrogen) atoms. The summed E-state index contributed by atoms with van der Waals surface area (Å²) in [6.07, 6.45) is 72.2. The Morgan fingerprint density at radius 1 is 0.270 bits per heavy atom. The Bertz CT molecular complexity index is 2080. The maximum Gasteiger partial charge on any atom is 0.472 e. The van der Waals surface area contributed by atoms with E-state index in [1.807, 2.05) is 0 Å². The molecule has 2 unspecified atom stereocenters. The number of hydrogen-bond donors (Lipinski definition) is 3. The van der Waals surface area contributed by atoms with E-state index in [0.717, 1.165) is 180 Å². The second kappa shape index (κ2) is 74.3. The summed E-state index contributed by atoms with van der Waals surface area (Å²) in [7, 11) is -9.94. The van der Waals surface area contributed by atoms with Crippen molar-refractivity contribution in [3.8, 4) is 0 Å². The van der Waals surface area contributed by atoms with Gasteiger partial charge >= 0.3 is 39.5 Å². The molecule has 0 saturated heterocycles. The lowest BCUT2D eigenvalue weighted by atomic mass is 10.1. The minimum Gasteiger partial charge on any atom is -0.462 e. The topological polar surface area (TPSA) is 237 Å². The fraction of sp³-hybridized carbons (Fsp3) is 0.852. The van der Waals surface area contributed by atoms with Gasteiger partial charge in [0, 0.05) is 25.7 Å². The molecule has 0 aliphatic carbocycles. The van der Waals surface area contributed by atoms with Crippen LogP contribution in [0.3, 0.4) is 0 Å². The van der Waals surface area contributed by atoms with Crippen LogP contribution in [-0.4, -0.2) is 96.7 Å². The molecule has 0 saturated carbocycles. The maximum absolute atomic E-state index is 13.1. The van der Waals surface area contributed by atoms with Gasteiger partial charge in [-0.25, -0.2) is 9.13 Å². The van der Waals surface area contributed by atoms with Gasteiger partial charge in [-0.05, 0) is 128 Å². The van der Waals surface area contributed by atoms with Crippen molar-refractivity contribution >= 4 is 39.5 Å². The summed E-state index contributed by atoms with van der Waals surface area (Å²) in [5.74, 6) is -2.16. The zero-order valence-electron chi connectivity index (χ0n) is 64.1. The van der Waals surface area contributed by atoms with E-state index >= 15 is 0 Å². The van der Waals surface area contributed by atoms with E-state index in [9.17, 15) is 43.2 Å². The van der Waals surface area contributed by atoms with Gasteiger partial charge < -0.3 is 33.8 Å². The number of rotatable bonds is 78. The fourth-order valence-electron chi connectivity index (χ4n) is 11.4. The normalized spacial score (nSPS) is 14.1. The maximum atomic E-state index is 13.1. The van der Waals surface area contributed by atoms with Crippen molar-refractivity contribution in [1.29, 1.82) is 0 Å². The van der Waals surface area contributed by atoms with E-state index in [4.69, 9.17) is 37.0 Å². The summed E-state index contributed by atoms with van der Waals surface area (Å²) < 4.78 is 68.7. The summed E-state index contributed by atoms with van der Waals surface area (Å²) in [6.45, 7) is 4.90. The molecule has 5 atom stereocenters. The van der Waals surface area contributed by atoms with E-state index in [-0.39, 0.29) is 25.7 Å². The number of phosphoric acid groups is 2. The number of aliphatic hydroxyl groups is 1. The van der Waals surface area contributed by atoms with E-state index in [1.165, 1.54) is 128 Å².